The van der Waals surface area contributed by atoms with E-state index in [1.165, 1.54) is 6.07 Å². The predicted molar refractivity (Wildman–Crippen MR) is 82.4 cm³/mol. The molecule has 0 aromatic heterocycles. The van der Waals surface area contributed by atoms with Crippen LogP contribution < -0.4 is 5.32 Å². The van der Waals surface area contributed by atoms with E-state index in [1.807, 2.05) is 30.3 Å². The minimum atomic E-state index is -0.408. The van der Waals surface area contributed by atoms with E-state index in [1.54, 1.807) is 12.1 Å². The molecule has 21 heavy (non-hydrogen) atoms. The van der Waals surface area contributed by atoms with Crippen LogP contribution in [0.25, 0.3) is 10.8 Å². The Bertz CT molecular complexity index is 829. The average Bonchev–Trinajstić information content (AvgIpc) is 2.53. The van der Waals surface area contributed by atoms with Crippen LogP contribution in [-0.2, 0) is 6.54 Å². The Morgan fingerprint density at radius 3 is 2.62 bits per heavy atom. The van der Waals surface area contributed by atoms with Gasteiger partial charge in [0.2, 0.25) is 0 Å². The summed E-state index contributed by atoms with van der Waals surface area (Å²) >= 11 is 0. The van der Waals surface area contributed by atoms with Gasteiger partial charge in [-0.15, -0.1) is 0 Å². The highest BCUT2D eigenvalue weighted by atomic mass is 19.1. The van der Waals surface area contributed by atoms with E-state index in [4.69, 9.17) is 5.26 Å². The number of nitriles is 1. The number of nitrogens with one attached hydrogen (secondary N) is 1. The molecule has 0 saturated carbocycles. The summed E-state index contributed by atoms with van der Waals surface area (Å²) in [6, 6.07) is 20.6. The van der Waals surface area contributed by atoms with Crippen LogP contribution >= 0.6 is 0 Å². The van der Waals surface area contributed by atoms with Crippen molar-refractivity contribution >= 4 is 16.5 Å². The fourth-order valence-electron chi connectivity index (χ4n) is 2.37. The average molecular weight is 276 g/mol. The number of fused-ring (bicyclic) bond motifs is 1. The zero-order valence-electron chi connectivity index (χ0n) is 11.3. The van der Waals surface area contributed by atoms with Gasteiger partial charge < -0.3 is 5.32 Å². The molecule has 3 rings (SSSR count). The van der Waals surface area contributed by atoms with Gasteiger partial charge in [-0.2, -0.15) is 5.26 Å². The summed E-state index contributed by atoms with van der Waals surface area (Å²) in [6.07, 6.45) is 0. The molecule has 0 heterocycles. The van der Waals surface area contributed by atoms with Crippen LogP contribution in [0.2, 0.25) is 0 Å². The van der Waals surface area contributed by atoms with Crippen molar-refractivity contribution in [2.45, 2.75) is 6.54 Å². The first kappa shape index (κ1) is 13.1. The van der Waals surface area contributed by atoms with Crippen LogP contribution in [0.1, 0.15) is 11.1 Å². The summed E-state index contributed by atoms with van der Waals surface area (Å²) in [7, 11) is 0. The highest BCUT2D eigenvalue weighted by Gasteiger charge is 2.05. The molecule has 0 spiro atoms. The van der Waals surface area contributed by atoms with Gasteiger partial charge in [-0.25, -0.2) is 4.39 Å². The number of halogens is 1. The van der Waals surface area contributed by atoms with Crippen molar-refractivity contribution in [3.8, 4) is 6.07 Å². The Kier molecular flexibility index (Phi) is 3.53. The fraction of sp³-hybridized carbons (Fsp3) is 0.0556. The topological polar surface area (TPSA) is 35.8 Å². The van der Waals surface area contributed by atoms with Crippen molar-refractivity contribution in [2.24, 2.45) is 0 Å². The molecule has 102 valence electrons. The lowest BCUT2D eigenvalue weighted by Gasteiger charge is -2.10. The summed E-state index contributed by atoms with van der Waals surface area (Å²) in [5.41, 5.74) is 1.84. The molecule has 0 bridgehead atoms. The quantitative estimate of drug-likeness (QED) is 0.766. The molecule has 2 nitrogen and oxygen atoms in total. The Morgan fingerprint density at radius 2 is 1.81 bits per heavy atom. The van der Waals surface area contributed by atoms with E-state index in [0.29, 0.717) is 17.8 Å². The van der Waals surface area contributed by atoms with E-state index in [-0.39, 0.29) is 0 Å². The van der Waals surface area contributed by atoms with E-state index in [9.17, 15) is 4.39 Å². The summed E-state index contributed by atoms with van der Waals surface area (Å²) < 4.78 is 13.8. The van der Waals surface area contributed by atoms with Crippen molar-refractivity contribution < 1.29 is 4.39 Å². The third kappa shape index (κ3) is 2.70. The maximum absolute atomic E-state index is 13.8. The van der Waals surface area contributed by atoms with Crippen LogP contribution in [0.4, 0.5) is 10.1 Å². The molecule has 0 fully saturated rings. The minimum absolute atomic E-state index is 0.322. The number of rotatable bonds is 3. The maximum atomic E-state index is 13.8. The second-order valence-corrected chi connectivity index (χ2v) is 4.80. The van der Waals surface area contributed by atoms with Crippen molar-refractivity contribution in [3.05, 3.63) is 77.6 Å². The Hall–Kier alpha value is -2.86. The van der Waals surface area contributed by atoms with Gasteiger partial charge in [0, 0.05) is 6.54 Å². The van der Waals surface area contributed by atoms with E-state index >= 15 is 0 Å². The highest BCUT2D eigenvalue weighted by Crippen LogP contribution is 2.21. The smallest absolute Gasteiger partial charge is 0.147 e. The second-order valence-electron chi connectivity index (χ2n) is 4.80. The molecule has 0 amide bonds. The van der Waals surface area contributed by atoms with Gasteiger partial charge in [-0.1, -0.05) is 42.5 Å². The zero-order chi connectivity index (χ0) is 14.7. The molecule has 0 atom stereocenters. The Morgan fingerprint density at radius 1 is 1.00 bits per heavy atom. The van der Waals surface area contributed by atoms with E-state index in [0.717, 1.165) is 16.3 Å². The molecule has 0 unspecified atom stereocenters. The van der Waals surface area contributed by atoms with E-state index < -0.39 is 5.82 Å². The van der Waals surface area contributed by atoms with Gasteiger partial charge in [-0.3, -0.25) is 0 Å². The van der Waals surface area contributed by atoms with Gasteiger partial charge in [0.05, 0.1) is 17.3 Å². The fourth-order valence-corrected chi connectivity index (χ4v) is 2.37. The predicted octanol–water partition coefficient (Wildman–Crippen LogP) is 4.46. The molecule has 0 saturated heterocycles. The molecular formula is C18H13FN2. The standard InChI is InChI=1S/C18H13FN2/c19-17-10-13(11-20)8-9-18(17)21-12-15-6-3-5-14-4-1-2-7-16(14)15/h1-10,21H,12H2. The summed E-state index contributed by atoms with van der Waals surface area (Å²) in [5.74, 6) is -0.408. The molecule has 3 heteroatoms. The monoisotopic (exact) mass is 276 g/mol. The lowest BCUT2D eigenvalue weighted by atomic mass is 10.0. The largest absolute Gasteiger partial charge is 0.379 e. The first-order chi connectivity index (χ1) is 10.3. The van der Waals surface area contributed by atoms with Gasteiger partial charge in [0.15, 0.2) is 0 Å². The molecule has 1 N–H and O–H groups in total. The normalized spacial score (nSPS) is 10.3. The Balaban J connectivity index is 1.86. The lowest BCUT2D eigenvalue weighted by molar-refractivity contribution is 0.629. The molecular weight excluding hydrogens is 263 g/mol. The van der Waals surface area contributed by atoms with Gasteiger partial charge in [0.1, 0.15) is 5.82 Å². The number of hydrogen-bond acceptors (Lipinski definition) is 2. The maximum Gasteiger partial charge on any atom is 0.147 e. The molecule has 0 aliphatic rings. The number of hydrogen-bond donors (Lipinski definition) is 1. The van der Waals surface area contributed by atoms with Crippen LogP contribution in [-0.4, -0.2) is 0 Å². The third-order valence-corrected chi connectivity index (χ3v) is 3.45. The molecule has 0 aliphatic heterocycles. The molecule has 3 aromatic carbocycles. The number of benzene rings is 3. The minimum Gasteiger partial charge on any atom is -0.379 e. The third-order valence-electron chi connectivity index (χ3n) is 3.45. The highest BCUT2D eigenvalue weighted by molar-refractivity contribution is 5.85. The number of anilines is 1. The molecule has 0 aliphatic carbocycles. The van der Waals surface area contributed by atoms with Crippen molar-refractivity contribution in [1.82, 2.24) is 0 Å². The molecule has 3 aromatic rings. The molecule has 0 radical (unpaired) electrons. The second kappa shape index (κ2) is 5.64. The summed E-state index contributed by atoms with van der Waals surface area (Å²) in [6.45, 7) is 0.532. The number of nitrogens with zero attached hydrogens (tertiary/aromatic N) is 1. The van der Waals surface area contributed by atoms with E-state index in [2.05, 4.69) is 23.5 Å². The van der Waals surface area contributed by atoms with Crippen LogP contribution in [0.5, 0.6) is 0 Å². The van der Waals surface area contributed by atoms with Crippen LogP contribution in [0.15, 0.2) is 60.7 Å². The van der Waals surface area contributed by atoms with Gasteiger partial charge >= 0.3 is 0 Å². The van der Waals surface area contributed by atoms with Crippen molar-refractivity contribution in [1.29, 1.82) is 5.26 Å². The SMILES string of the molecule is N#Cc1ccc(NCc2cccc3ccccc23)c(F)c1. The van der Waals surface area contributed by atoms with Gasteiger partial charge in [0.25, 0.3) is 0 Å². The first-order valence-corrected chi connectivity index (χ1v) is 6.68. The Labute approximate surface area is 122 Å². The van der Waals surface area contributed by atoms with Crippen molar-refractivity contribution in [3.63, 3.8) is 0 Å². The lowest BCUT2D eigenvalue weighted by Crippen LogP contribution is -2.02. The summed E-state index contributed by atoms with van der Waals surface area (Å²) in [4.78, 5) is 0. The summed E-state index contributed by atoms with van der Waals surface area (Å²) in [5, 5.41) is 14.1. The van der Waals surface area contributed by atoms with Crippen LogP contribution in [0, 0.1) is 17.1 Å². The van der Waals surface area contributed by atoms with Gasteiger partial charge in [-0.05, 0) is 34.5 Å². The zero-order valence-corrected chi connectivity index (χ0v) is 11.3. The van der Waals surface area contributed by atoms with Crippen molar-refractivity contribution in [2.75, 3.05) is 5.32 Å². The first-order valence-electron chi connectivity index (χ1n) is 6.68. The van der Waals surface area contributed by atoms with Crippen LogP contribution in [0.3, 0.4) is 0 Å².